The summed E-state index contributed by atoms with van der Waals surface area (Å²) in [5.74, 6) is -0.0795. The highest BCUT2D eigenvalue weighted by atomic mass is 32.2. The number of sulfonamides is 1. The van der Waals surface area contributed by atoms with Gasteiger partial charge in [0.05, 0.1) is 4.90 Å². The molecule has 6 nitrogen and oxygen atoms in total. The maximum atomic E-state index is 12.7. The van der Waals surface area contributed by atoms with Gasteiger partial charge in [-0.1, -0.05) is 78.4 Å². The van der Waals surface area contributed by atoms with Crippen molar-refractivity contribution < 1.29 is 8.42 Å². The molecule has 0 fully saturated rings. The third-order valence-corrected chi connectivity index (χ3v) is 5.68. The summed E-state index contributed by atoms with van der Waals surface area (Å²) in [7, 11) is -3.82. The topological polar surface area (TPSA) is 84.8 Å². The number of nitrogens with zero attached hydrogens (tertiary/aromatic N) is 3. The Kier molecular flexibility index (Phi) is 5.05. The van der Waals surface area contributed by atoms with Crippen LogP contribution in [-0.4, -0.2) is 23.6 Å². The lowest BCUT2D eigenvalue weighted by Gasteiger charge is -2.11. The maximum Gasteiger partial charge on any atom is 0.264 e. The fraction of sp³-hybridized carbons (Fsp3) is 0.0455. The summed E-state index contributed by atoms with van der Waals surface area (Å²) in [6.45, 7) is 1.89. The van der Waals surface area contributed by atoms with Crippen LogP contribution in [0.5, 0.6) is 0 Å². The Hall–Kier alpha value is -3.58. The summed E-state index contributed by atoms with van der Waals surface area (Å²) in [6, 6.07) is 25.6. The molecule has 1 aromatic heterocycles. The number of anilines is 1. The van der Waals surface area contributed by atoms with Gasteiger partial charge in [-0.3, -0.25) is 0 Å². The molecular formula is C22H18N4O2S. The van der Waals surface area contributed by atoms with E-state index < -0.39 is 10.0 Å². The van der Waals surface area contributed by atoms with Crippen molar-refractivity contribution in [3.05, 3.63) is 90.5 Å². The lowest BCUT2D eigenvalue weighted by Crippen LogP contribution is -2.16. The van der Waals surface area contributed by atoms with Gasteiger partial charge in [-0.15, -0.1) is 10.2 Å². The standard InChI is InChI=1S/C22H18N4O2S/c1-16-12-14-19(15-13-16)29(27,28)26-22-23-20(17-8-4-2-5-9-17)21(24-25-22)18-10-6-3-7-11-18/h2-15H,1H3,(H,23,25,26). The molecule has 0 bridgehead atoms. The Morgan fingerprint density at radius 2 is 1.24 bits per heavy atom. The highest BCUT2D eigenvalue weighted by Crippen LogP contribution is 2.29. The number of nitrogens with one attached hydrogen (secondary N) is 1. The smallest absolute Gasteiger partial charge is 0.246 e. The highest BCUT2D eigenvalue weighted by molar-refractivity contribution is 7.92. The van der Waals surface area contributed by atoms with Gasteiger partial charge in [-0.2, -0.15) is 0 Å². The highest BCUT2D eigenvalue weighted by Gasteiger charge is 2.19. The minimum atomic E-state index is -3.82. The molecule has 29 heavy (non-hydrogen) atoms. The van der Waals surface area contributed by atoms with Crippen LogP contribution in [0.2, 0.25) is 0 Å². The molecule has 4 aromatic rings. The number of rotatable bonds is 5. The minimum Gasteiger partial charge on any atom is -0.246 e. The molecule has 144 valence electrons. The van der Waals surface area contributed by atoms with Crippen LogP contribution in [0, 0.1) is 6.92 Å². The van der Waals surface area contributed by atoms with Gasteiger partial charge < -0.3 is 0 Å². The first-order chi connectivity index (χ1) is 14.0. The summed E-state index contributed by atoms with van der Waals surface area (Å²) in [5, 5.41) is 8.30. The van der Waals surface area contributed by atoms with Gasteiger partial charge in [0.2, 0.25) is 0 Å². The summed E-state index contributed by atoms with van der Waals surface area (Å²) in [5.41, 5.74) is 3.76. The fourth-order valence-electron chi connectivity index (χ4n) is 2.85. The van der Waals surface area contributed by atoms with Crippen LogP contribution in [0.1, 0.15) is 5.56 Å². The molecule has 0 radical (unpaired) electrons. The molecule has 3 aromatic carbocycles. The quantitative estimate of drug-likeness (QED) is 0.537. The Balaban J connectivity index is 1.77. The van der Waals surface area contributed by atoms with Crippen LogP contribution in [0.3, 0.4) is 0 Å². The first-order valence-corrected chi connectivity index (χ1v) is 10.5. The van der Waals surface area contributed by atoms with Gasteiger partial charge in [0.25, 0.3) is 16.0 Å². The van der Waals surface area contributed by atoms with E-state index in [0.717, 1.165) is 16.7 Å². The Morgan fingerprint density at radius 1 is 0.690 bits per heavy atom. The van der Waals surface area contributed by atoms with E-state index in [1.165, 1.54) is 0 Å². The lowest BCUT2D eigenvalue weighted by atomic mass is 10.0. The molecule has 0 aliphatic rings. The van der Waals surface area contributed by atoms with E-state index in [2.05, 4.69) is 19.9 Å². The van der Waals surface area contributed by atoms with Gasteiger partial charge in [0, 0.05) is 11.1 Å². The number of benzene rings is 3. The third-order valence-electron chi connectivity index (χ3n) is 4.34. The van der Waals surface area contributed by atoms with Crippen LogP contribution in [0.25, 0.3) is 22.5 Å². The molecule has 0 aliphatic heterocycles. The van der Waals surface area contributed by atoms with Crippen molar-refractivity contribution in [2.24, 2.45) is 0 Å². The van der Waals surface area contributed by atoms with E-state index in [4.69, 9.17) is 0 Å². The van der Waals surface area contributed by atoms with Crippen molar-refractivity contribution in [2.75, 3.05) is 4.72 Å². The van der Waals surface area contributed by atoms with Crippen LogP contribution in [0.4, 0.5) is 5.95 Å². The average molecular weight is 402 g/mol. The van der Waals surface area contributed by atoms with E-state index in [1.807, 2.05) is 67.6 Å². The number of aromatic nitrogens is 3. The Labute approximate surface area is 169 Å². The molecule has 4 rings (SSSR count). The van der Waals surface area contributed by atoms with Crippen molar-refractivity contribution >= 4 is 16.0 Å². The second kappa shape index (κ2) is 7.81. The number of hydrogen-bond acceptors (Lipinski definition) is 5. The average Bonchev–Trinajstić information content (AvgIpc) is 2.75. The number of aryl methyl sites for hydroxylation is 1. The Morgan fingerprint density at radius 3 is 1.83 bits per heavy atom. The molecule has 0 spiro atoms. The molecule has 0 unspecified atom stereocenters. The molecule has 0 saturated heterocycles. The summed E-state index contributed by atoms with van der Waals surface area (Å²) >= 11 is 0. The molecule has 0 atom stereocenters. The first-order valence-electron chi connectivity index (χ1n) is 8.98. The van der Waals surface area contributed by atoms with E-state index >= 15 is 0 Å². The van der Waals surface area contributed by atoms with Crippen LogP contribution in [-0.2, 0) is 10.0 Å². The summed E-state index contributed by atoms with van der Waals surface area (Å²) in [4.78, 5) is 4.62. The van der Waals surface area contributed by atoms with Crippen molar-refractivity contribution in [1.82, 2.24) is 15.2 Å². The molecule has 0 saturated carbocycles. The van der Waals surface area contributed by atoms with Crippen LogP contribution >= 0.6 is 0 Å². The summed E-state index contributed by atoms with van der Waals surface area (Å²) in [6.07, 6.45) is 0. The van der Waals surface area contributed by atoms with Gasteiger partial charge >= 0.3 is 0 Å². The van der Waals surface area contributed by atoms with Crippen LogP contribution in [0.15, 0.2) is 89.8 Å². The van der Waals surface area contributed by atoms with Gasteiger partial charge in [0.1, 0.15) is 11.4 Å². The van der Waals surface area contributed by atoms with E-state index in [-0.39, 0.29) is 10.8 Å². The zero-order valence-electron chi connectivity index (χ0n) is 15.6. The van der Waals surface area contributed by atoms with Gasteiger partial charge in [-0.05, 0) is 19.1 Å². The van der Waals surface area contributed by atoms with Gasteiger partial charge in [-0.25, -0.2) is 18.1 Å². The molecule has 1 heterocycles. The summed E-state index contributed by atoms with van der Waals surface area (Å²) < 4.78 is 27.8. The SMILES string of the molecule is Cc1ccc(S(=O)(=O)Nc2nnc(-c3ccccc3)c(-c3ccccc3)n2)cc1. The second-order valence-electron chi connectivity index (χ2n) is 6.48. The lowest BCUT2D eigenvalue weighted by molar-refractivity contribution is 0.600. The van der Waals surface area contributed by atoms with Crippen LogP contribution < -0.4 is 4.72 Å². The van der Waals surface area contributed by atoms with Crippen molar-refractivity contribution in [1.29, 1.82) is 0 Å². The van der Waals surface area contributed by atoms with E-state index in [9.17, 15) is 8.42 Å². The minimum absolute atomic E-state index is 0.0795. The van der Waals surface area contributed by atoms with E-state index in [1.54, 1.807) is 24.3 Å². The molecule has 0 amide bonds. The normalized spacial score (nSPS) is 11.2. The maximum absolute atomic E-state index is 12.7. The zero-order valence-corrected chi connectivity index (χ0v) is 16.5. The Bertz CT molecular complexity index is 1230. The first kappa shape index (κ1) is 18.8. The largest absolute Gasteiger partial charge is 0.264 e. The number of hydrogen-bond donors (Lipinski definition) is 1. The van der Waals surface area contributed by atoms with Crippen molar-refractivity contribution in [2.45, 2.75) is 11.8 Å². The zero-order chi connectivity index (χ0) is 20.3. The molecule has 7 heteroatoms. The predicted octanol–water partition coefficient (Wildman–Crippen LogP) is 4.31. The monoisotopic (exact) mass is 402 g/mol. The second-order valence-corrected chi connectivity index (χ2v) is 8.17. The fourth-order valence-corrected chi connectivity index (χ4v) is 3.79. The third kappa shape index (κ3) is 4.14. The van der Waals surface area contributed by atoms with Crippen molar-refractivity contribution in [3.63, 3.8) is 0 Å². The predicted molar refractivity (Wildman–Crippen MR) is 113 cm³/mol. The van der Waals surface area contributed by atoms with Crippen molar-refractivity contribution in [3.8, 4) is 22.5 Å². The molecule has 1 N–H and O–H groups in total. The van der Waals surface area contributed by atoms with Gasteiger partial charge in [0.15, 0.2) is 0 Å². The van der Waals surface area contributed by atoms with E-state index in [0.29, 0.717) is 11.4 Å². The molecular weight excluding hydrogens is 384 g/mol. The molecule has 0 aliphatic carbocycles.